The molecule has 0 atom stereocenters. The highest BCUT2D eigenvalue weighted by molar-refractivity contribution is 6.15. The predicted octanol–water partition coefficient (Wildman–Crippen LogP) is 10.4. The Morgan fingerprint density at radius 1 is 0.762 bits per heavy atom. The Hall–Kier alpha value is -5.28. The summed E-state index contributed by atoms with van der Waals surface area (Å²) >= 11 is 0. The molecule has 0 amide bonds. The molecule has 0 N–H and O–H groups in total. The molecule has 0 unspecified atom stereocenters. The SMILES string of the molecule is C=Cc1ccc2c(c1/C=C\C)c(/C=C\C)c(C=C)n2-c1ccc(CN=C(c2ccccc2)c2ccccc2N=C)cc1. The Morgan fingerprint density at radius 2 is 1.45 bits per heavy atom. The Morgan fingerprint density at radius 3 is 2.12 bits per heavy atom. The van der Waals surface area contributed by atoms with Gasteiger partial charge in [-0.1, -0.05) is 110 Å². The van der Waals surface area contributed by atoms with Crippen molar-refractivity contribution in [3.8, 4) is 5.69 Å². The minimum Gasteiger partial charge on any atom is -0.309 e. The Bertz CT molecular complexity index is 1850. The Kier molecular flexibility index (Phi) is 8.70. The second-order valence-electron chi connectivity index (χ2n) is 9.88. The van der Waals surface area contributed by atoms with E-state index in [4.69, 9.17) is 4.99 Å². The lowest BCUT2D eigenvalue weighted by molar-refractivity contribution is 1.05. The smallest absolute Gasteiger partial charge is 0.0744 e. The van der Waals surface area contributed by atoms with E-state index in [1.54, 1.807) is 0 Å². The minimum atomic E-state index is 0.536. The first-order valence-electron chi connectivity index (χ1n) is 14.1. The minimum absolute atomic E-state index is 0.536. The van der Waals surface area contributed by atoms with Gasteiger partial charge in [-0.25, -0.2) is 0 Å². The molecular weight excluding hydrogens is 510 g/mol. The van der Waals surface area contributed by atoms with E-state index in [-0.39, 0.29) is 0 Å². The van der Waals surface area contributed by atoms with Crippen molar-refractivity contribution in [1.29, 1.82) is 0 Å². The van der Waals surface area contributed by atoms with E-state index in [1.165, 1.54) is 5.39 Å². The van der Waals surface area contributed by atoms with E-state index < -0.39 is 0 Å². The number of hydrogen-bond acceptors (Lipinski definition) is 2. The van der Waals surface area contributed by atoms with Crippen LogP contribution in [0.15, 0.2) is 126 Å². The summed E-state index contributed by atoms with van der Waals surface area (Å²) in [4.78, 5) is 9.33. The Balaban J connectivity index is 1.59. The van der Waals surface area contributed by atoms with Crippen LogP contribution in [0.5, 0.6) is 0 Å². The molecule has 0 aliphatic heterocycles. The lowest BCUT2D eigenvalue weighted by Crippen LogP contribution is -2.04. The standard InChI is InChI=1S/C39H35N3/c1-6-15-32-29(8-3)23-26-37-38(32)34(16-7-2)36(9-4)42(37)31-24-21-28(22-25-31)27-41-39(30-17-11-10-12-18-30)33-19-13-14-20-35(33)40-5/h6-26H,3-5,27H2,1-2H3/b15-6-,16-7-,41-39?. The molecule has 0 spiro atoms. The quantitative estimate of drug-likeness (QED) is 0.156. The van der Waals surface area contributed by atoms with E-state index in [0.29, 0.717) is 6.54 Å². The topological polar surface area (TPSA) is 29.6 Å². The van der Waals surface area contributed by atoms with Crippen molar-refractivity contribution in [2.24, 2.45) is 9.98 Å². The van der Waals surface area contributed by atoms with Gasteiger partial charge in [0, 0.05) is 27.8 Å². The fourth-order valence-corrected chi connectivity index (χ4v) is 5.47. The van der Waals surface area contributed by atoms with Crippen LogP contribution in [0.1, 0.15) is 52.9 Å². The number of aromatic nitrogens is 1. The van der Waals surface area contributed by atoms with Gasteiger partial charge in [0.15, 0.2) is 0 Å². The zero-order chi connectivity index (χ0) is 29.5. The first-order valence-corrected chi connectivity index (χ1v) is 14.1. The number of fused-ring (bicyclic) bond motifs is 1. The highest BCUT2D eigenvalue weighted by Gasteiger charge is 2.18. The number of benzene rings is 4. The van der Waals surface area contributed by atoms with Crippen LogP contribution in [0, 0.1) is 0 Å². The molecule has 3 nitrogen and oxygen atoms in total. The summed E-state index contributed by atoms with van der Waals surface area (Å²) in [5, 5.41) is 1.19. The third-order valence-corrected chi connectivity index (χ3v) is 7.36. The first-order chi connectivity index (χ1) is 20.6. The van der Waals surface area contributed by atoms with Gasteiger partial charge in [-0.15, -0.1) is 0 Å². The monoisotopic (exact) mass is 545 g/mol. The van der Waals surface area contributed by atoms with Gasteiger partial charge < -0.3 is 4.57 Å². The molecule has 0 radical (unpaired) electrons. The lowest BCUT2D eigenvalue weighted by atomic mass is 9.98. The summed E-state index contributed by atoms with van der Waals surface area (Å²) in [6.07, 6.45) is 12.3. The number of nitrogens with zero attached hydrogens (tertiary/aromatic N) is 3. The molecule has 3 heteroatoms. The van der Waals surface area contributed by atoms with Gasteiger partial charge in [-0.2, -0.15) is 0 Å². The van der Waals surface area contributed by atoms with E-state index in [2.05, 4.69) is 108 Å². The predicted molar refractivity (Wildman–Crippen MR) is 184 cm³/mol. The van der Waals surface area contributed by atoms with Crippen LogP contribution in [-0.2, 0) is 6.54 Å². The summed E-state index contributed by atoms with van der Waals surface area (Å²) in [5.41, 5.74) is 11.5. The van der Waals surface area contributed by atoms with Gasteiger partial charge in [0.25, 0.3) is 0 Å². The summed E-state index contributed by atoms with van der Waals surface area (Å²) < 4.78 is 2.28. The Labute approximate surface area is 248 Å². The second kappa shape index (κ2) is 12.9. The maximum Gasteiger partial charge on any atom is 0.0744 e. The van der Waals surface area contributed by atoms with Gasteiger partial charge in [-0.05, 0) is 67.6 Å². The lowest BCUT2D eigenvalue weighted by Gasteiger charge is -2.12. The van der Waals surface area contributed by atoms with E-state index >= 15 is 0 Å². The van der Waals surface area contributed by atoms with Gasteiger partial charge in [-0.3, -0.25) is 9.98 Å². The molecule has 0 saturated carbocycles. The molecule has 1 heterocycles. The number of hydrogen-bond donors (Lipinski definition) is 0. The van der Waals surface area contributed by atoms with Crippen LogP contribution in [0.3, 0.4) is 0 Å². The molecule has 1 aromatic heterocycles. The normalized spacial score (nSPS) is 11.9. The molecule has 5 aromatic rings. The zero-order valence-electron chi connectivity index (χ0n) is 24.3. The molecular formula is C39H35N3. The average Bonchev–Trinajstić information content (AvgIpc) is 3.36. The maximum absolute atomic E-state index is 5.09. The van der Waals surface area contributed by atoms with Crippen molar-refractivity contribution in [1.82, 2.24) is 4.57 Å². The largest absolute Gasteiger partial charge is 0.309 e. The van der Waals surface area contributed by atoms with Crippen LogP contribution >= 0.6 is 0 Å². The van der Waals surface area contributed by atoms with Crippen LogP contribution in [-0.4, -0.2) is 17.0 Å². The molecule has 0 bridgehead atoms. The highest BCUT2D eigenvalue weighted by Crippen LogP contribution is 2.36. The highest BCUT2D eigenvalue weighted by atomic mass is 15.0. The molecule has 4 aromatic carbocycles. The van der Waals surface area contributed by atoms with Gasteiger partial charge in [0.1, 0.15) is 0 Å². The summed E-state index contributed by atoms with van der Waals surface area (Å²) in [6, 6.07) is 31.2. The summed E-state index contributed by atoms with van der Waals surface area (Å²) in [7, 11) is 0. The molecule has 0 saturated heterocycles. The number of para-hydroxylation sites is 1. The number of aliphatic imine (C=N–C) groups is 2. The molecule has 0 aliphatic rings. The fourth-order valence-electron chi connectivity index (χ4n) is 5.47. The third-order valence-electron chi connectivity index (χ3n) is 7.36. The zero-order valence-corrected chi connectivity index (χ0v) is 24.3. The van der Waals surface area contributed by atoms with Crippen molar-refractivity contribution in [3.05, 3.63) is 155 Å². The summed E-state index contributed by atoms with van der Waals surface area (Å²) in [6.45, 7) is 16.6. The summed E-state index contributed by atoms with van der Waals surface area (Å²) in [5.74, 6) is 0. The van der Waals surface area contributed by atoms with E-state index in [9.17, 15) is 0 Å². The van der Waals surface area contributed by atoms with Gasteiger partial charge in [0.2, 0.25) is 0 Å². The van der Waals surface area contributed by atoms with Crippen molar-refractivity contribution < 1.29 is 0 Å². The molecule has 0 aliphatic carbocycles. The van der Waals surface area contributed by atoms with Gasteiger partial charge in [0.05, 0.1) is 29.2 Å². The van der Waals surface area contributed by atoms with Crippen LogP contribution in [0.25, 0.3) is 40.9 Å². The van der Waals surface area contributed by atoms with Crippen molar-refractivity contribution in [2.45, 2.75) is 20.4 Å². The van der Waals surface area contributed by atoms with Crippen molar-refractivity contribution in [3.63, 3.8) is 0 Å². The van der Waals surface area contributed by atoms with E-state index in [1.807, 2.05) is 62.4 Å². The number of rotatable bonds is 10. The second-order valence-corrected chi connectivity index (χ2v) is 9.88. The van der Waals surface area contributed by atoms with Crippen LogP contribution in [0.2, 0.25) is 0 Å². The van der Waals surface area contributed by atoms with Crippen LogP contribution < -0.4 is 0 Å². The third kappa shape index (κ3) is 5.37. The van der Waals surface area contributed by atoms with E-state index in [0.717, 1.165) is 61.7 Å². The first kappa shape index (κ1) is 28.3. The van der Waals surface area contributed by atoms with Crippen molar-refractivity contribution >= 4 is 53.3 Å². The molecule has 5 rings (SSSR count). The van der Waals surface area contributed by atoms with Crippen LogP contribution in [0.4, 0.5) is 5.69 Å². The molecule has 206 valence electrons. The average molecular weight is 546 g/mol. The fraction of sp³-hybridized carbons (Fsp3) is 0.0769. The number of allylic oxidation sites excluding steroid dienone is 2. The molecule has 0 fully saturated rings. The van der Waals surface area contributed by atoms with Gasteiger partial charge >= 0.3 is 0 Å². The van der Waals surface area contributed by atoms with Crippen molar-refractivity contribution in [2.75, 3.05) is 0 Å². The maximum atomic E-state index is 5.09. The molecule has 42 heavy (non-hydrogen) atoms.